The number of hydrogen-bond donors (Lipinski definition) is 2. The van der Waals surface area contributed by atoms with E-state index in [1.807, 2.05) is 0 Å². The predicted octanol–water partition coefficient (Wildman–Crippen LogP) is 1.42. The van der Waals surface area contributed by atoms with Crippen LogP contribution in [-0.2, 0) is 11.2 Å². The Hall–Kier alpha value is -2.63. The third kappa shape index (κ3) is 3.67. The molecular weight excluding hydrogens is 251 g/mol. The van der Waals surface area contributed by atoms with Crippen LogP contribution in [0.5, 0.6) is 0 Å². The lowest BCUT2D eigenvalue weighted by atomic mass is 10.1. The molecule has 0 fully saturated rings. The fourth-order valence-electron chi connectivity index (χ4n) is 1.43. The minimum atomic E-state index is -0.544. The summed E-state index contributed by atoms with van der Waals surface area (Å²) in [7, 11) is 0. The Kier molecular flexibility index (Phi) is 3.92. The number of halogens is 1. The monoisotopic (exact) mass is 262 g/mol. The number of nitrogens with one attached hydrogen (secondary N) is 2. The van der Waals surface area contributed by atoms with Crippen LogP contribution < -0.4 is 10.9 Å². The third-order valence-corrected chi connectivity index (χ3v) is 2.34. The number of benzene rings is 1. The predicted molar refractivity (Wildman–Crippen MR) is 64.4 cm³/mol. The van der Waals surface area contributed by atoms with E-state index in [4.69, 9.17) is 4.42 Å². The number of hydrazine groups is 1. The topological polar surface area (TPSA) is 71.3 Å². The maximum absolute atomic E-state index is 12.7. The normalized spacial score (nSPS) is 9.95. The Morgan fingerprint density at radius 3 is 2.47 bits per heavy atom. The molecular formula is C13H11FN2O3. The van der Waals surface area contributed by atoms with Crippen molar-refractivity contribution in [3.05, 3.63) is 59.8 Å². The van der Waals surface area contributed by atoms with Crippen LogP contribution in [0.15, 0.2) is 47.1 Å². The Morgan fingerprint density at radius 2 is 1.84 bits per heavy atom. The molecule has 1 aromatic heterocycles. The molecule has 0 radical (unpaired) electrons. The number of furan rings is 1. The molecule has 0 bridgehead atoms. The van der Waals surface area contributed by atoms with Gasteiger partial charge < -0.3 is 4.42 Å². The van der Waals surface area contributed by atoms with Crippen molar-refractivity contribution in [2.45, 2.75) is 6.42 Å². The summed E-state index contributed by atoms with van der Waals surface area (Å²) >= 11 is 0. The molecule has 98 valence electrons. The largest absolute Gasteiger partial charge is 0.459 e. The average Bonchev–Trinajstić information content (AvgIpc) is 2.93. The first kappa shape index (κ1) is 12.8. The highest BCUT2D eigenvalue weighted by atomic mass is 19.1. The van der Waals surface area contributed by atoms with Gasteiger partial charge in [0.2, 0.25) is 5.91 Å². The van der Waals surface area contributed by atoms with Gasteiger partial charge in [0.25, 0.3) is 0 Å². The van der Waals surface area contributed by atoms with E-state index in [0.29, 0.717) is 5.56 Å². The maximum atomic E-state index is 12.7. The van der Waals surface area contributed by atoms with Crippen LogP contribution in [-0.4, -0.2) is 11.8 Å². The lowest BCUT2D eigenvalue weighted by molar-refractivity contribution is -0.121. The van der Waals surface area contributed by atoms with Crippen molar-refractivity contribution in [3.63, 3.8) is 0 Å². The van der Waals surface area contributed by atoms with Crippen molar-refractivity contribution in [1.82, 2.24) is 10.9 Å². The standard InChI is InChI=1S/C13H11FN2O3/c14-10-5-3-9(4-6-10)8-12(17)15-16-13(18)11-2-1-7-19-11/h1-7H,8H2,(H,15,17)(H,16,18). The van der Waals surface area contributed by atoms with Gasteiger partial charge >= 0.3 is 5.91 Å². The molecule has 0 saturated carbocycles. The molecule has 2 N–H and O–H groups in total. The molecule has 0 unspecified atom stereocenters. The van der Waals surface area contributed by atoms with Crippen molar-refractivity contribution >= 4 is 11.8 Å². The zero-order valence-electron chi connectivity index (χ0n) is 9.85. The number of rotatable bonds is 3. The molecule has 0 atom stereocenters. The van der Waals surface area contributed by atoms with Crippen molar-refractivity contribution in [2.75, 3.05) is 0 Å². The highest BCUT2D eigenvalue weighted by Gasteiger charge is 2.09. The number of amides is 2. The zero-order chi connectivity index (χ0) is 13.7. The summed E-state index contributed by atoms with van der Waals surface area (Å²) in [6, 6.07) is 8.58. The highest BCUT2D eigenvalue weighted by Crippen LogP contribution is 2.03. The van der Waals surface area contributed by atoms with Gasteiger partial charge in [0, 0.05) is 0 Å². The summed E-state index contributed by atoms with van der Waals surface area (Å²) in [6.07, 6.45) is 1.40. The first-order valence-corrected chi connectivity index (χ1v) is 5.52. The van der Waals surface area contributed by atoms with Gasteiger partial charge in [-0.2, -0.15) is 0 Å². The van der Waals surface area contributed by atoms with E-state index in [1.54, 1.807) is 6.07 Å². The second kappa shape index (κ2) is 5.81. The van der Waals surface area contributed by atoms with Crippen molar-refractivity contribution in [2.24, 2.45) is 0 Å². The molecule has 1 heterocycles. The molecule has 1 aromatic carbocycles. The average molecular weight is 262 g/mol. The molecule has 0 spiro atoms. The summed E-state index contributed by atoms with van der Waals surface area (Å²) in [4.78, 5) is 23.0. The smallest absolute Gasteiger partial charge is 0.305 e. The highest BCUT2D eigenvalue weighted by molar-refractivity contribution is 5.93. The summed E-state index contributed by atoms with van der Waals surface area (Å²) in [6.45, 7) is 0. The zero-order valence-corrected chi connectivity index (χ0v) is 9.85. The summed E-state index contributed by atoms with van der Waals surface area (Å²) in [5, 5.41) is 0. The Morgan fingerprint density at radius 1 is 1.11 bits per heavy atom. The lowest BCUT2D eigenvalue weighted by Crippen LogP contribution is -2.42. The van der Waals surface area contributed by atoms with Crippen LogP contribution in [0.4, 0.5) is 4.39 Å². The number of hydrogen-bond acceptors (Lipinski definition) is 3. The van der Waals surface area contributed by atoms with Crippen LogP contribution in [0.3, 0.4) is 0 Å². The van der Waals surface area contributed by atoms with Gasteiger partial charge in [-0.05, 0) is 29.8 Å². The Bertz CT molecular complexity index is 564. The van der Waals surface area contributed by atoms with Gasteiger partial charge in [0.1, 0.15) is 5.82 Å². The van der Waals surface area contributed by atoms with Crippen LogP contribution in [0.25, 0.3) is 0 Å². The lowest BCUT2D eigenvalue weighted by Gasteiger charge is -2.05. The molecule has 2 amide bonds. The third-order valence-electron chi connectivity index (χ3n) is 2.34. The van der Waals surface area contributed by atoms with Crippen LogP contribution in [0.2, 0.25) is 0 Å². The van der Waals surface area contributed by atoms with E-state index < -0.39 is 11.8 Å². The Labute approximate surface area is 108 Å². The molecule has 2 rings (SSSR count). The minimum absolute atomic E-state index is 0.0404. The van der Waals surface area contributed by atoms with Crippen molar-refractivity contribution < 1.29 is 18.4 Å². The van der Waals surface area contributed by atoms with E-state index >= 15 is 0 Å². The van der Waals surface area contributed by atoms with E-state index in [-0.39, 0.29) is 18.0 Å². The van der Waals surface area contributed by atoms with Gasteiger partial charge in [-0.1, -0.05) is 12.1 Å². The number of carbonyl (C=O) groups excluding carboxylic acids is 2. The minimum Gasteiger partial charge on any atom is -0.459 e. The first-order chi connectivity index (χ1) is 9.15. The van der Waals surface area contributed by atoms with E-state index in [1.165, 1.54) is 36.6 Å². The molecule has 5 nitrogen and oxygen atoms in total. The van der Waals surface area contributed by atoms with Crippen LogP contribution >= 0.6 is 0 Å². The summed E-state index contributed by atoms with van der Waals surface area (Å²) < 4.78 is 17.5. The van der Waals surface area contributed by atoms with Crippen molar-refractivity contribution in [3.8, 4) is 0 Å². The molecule has 0 saturated heterocycles. The van der Waals surface area contributed by atoms with Crippen LogP contribution in [0.1, 0.15) is 16.1 Å². The fourth-order valence-corrected chi connectivity index (χ4v) is 1.43. The molecule has 0 aliphatic rings. The molecule has 19 heavy (non-hydrogen) atoms. The van der Waals surface area contributed by atoms with E-state index in [0.717, 1.165) is 0 Å². The van der Waals surface area contributed by atoms with Gasteiger partial charge in [-0.3, -0.25) is 20.4 Å². The second-order valence-electron chi connectivity index (χ2n) is 3.78. The molecule has 6 heteroatoms. The summed E-state index contributed by atoms with van der Waals surface area (Å²) in [5.41, 5.74) is 5.10. The van der Waals surface area contributed by atoms with E-state index in [2.05, 4.69) is 10.9 Å². The van der Waals surface area contributed by atoms with E-state index in [9.17, 15) is 14.0 Å². The maximum Gasteiger partial charge on any atom is 0.305 e. The quantitative estimate of drug-likeness (QED) is 0.822. The van der Waals surface area contributed by atoms with Gasteiger partial charge in [-0.25, -0.2) is 4.39 Å². The molecule has 0 aliphatic carbocycles. The fraction of sp³-hybridized carbons (Fsp3) is 0.0769. The molecule has 2 aromatic rings. The molecule has 0 aliphatic heterocycles. The van der Waals surface area contributed by atoms with Gasteiger partial charge in [0.05, 0.1) is 12.7 Å². The van der Waals surface area contributed by atoms with Crippen molar-refractivity contribution in [1.29, 1.82) is 0 Å². The first-order valence-electron chi connectivity index (χ1n) is 5.52. The van der Waals surface area contributed by atoms with Crippen LogP contribution in [0, 0.1) is 5.82 Å². The van der Waals surface area contributed by atoms with Gasteiger partial charge in [0.15, 0.2) is 5.76 Å². The second-order valence-corrected chi connectivity index (χ2v) is 3.78. The van der Waals surface area contributed by atoms with Gasteiger partial charge in [-0.15, -0.1) is 0 Å². The SMILES string of the molecule is O=C(Cc1ccc(F)cc1)NNC(=O)c1ccco1. The Balaban J connectivity index is 1.82. The number of carbonyl (C=O) groups is 2. The summed E-state index contributed by atoms with van der Waals surface area (Å²) in [5.74, 6) is -1.22.